The second kappa shape index (κ2) is 7.49. The molecule has 0 saturated carbocycles. The van der Waals surface area contributed by atoms with Gasteiger partial charge in [-0.3, -0.25) is 9.59 Å². The smallest absolute Gasteiger partial charge is 0.313 e. The number of benzene rings is 2. The van der Waals surface area contributed by atoms with Crippen LogP contribution in [0.4, 0.5) is 11.4 Å². The molecule has 0 aliphatic carbocycles. The number of amides is 2. The summed E-state index contributed by atoms with van der Waals surface area (Å²) in [6.07, 6.45) is 0. The van der Waals surface area contributed by atoms with Gasteiger partial charge in [-0.1, -0.05) is 30.3 Å². The third-order valence-corrected chi connectivity index (χ3v) is 4.18. The lowest BCUT2D eigenvalue weighted by molar-refractivity contribution is -0.143. The molecule has 0 bridgehead atoms. The minimum atomic E-state index is -0.712. The van der Waals surface area contributed by atoms with Gasteiger partial charge in [0.25, 0.3) is 0 Å². The summed E-state index contributed by atoms with van der Waals surface area (Å²) in [5.74, 6) is -1.28. The maximum atomic E-state index is 12.4. The second-order valence-electron chi connectivity index (χ2n) is 5.73. The van der Waals surface area contributed by atoms with E-state index in [0.29, 0.717) is 37.4 Å². The molecule has 1 fully saturated rings. The Balaban J connectivity index is 1.59. The Bertz CT molecular complexity index is 806. The van der Waals surface area contributed by atoms with E-state index in [2.05, 4.69) is 10.2 Å². The van der Waals surface area contributed by atoms with Crippen LogP contribution in [0.3, 0.4) is 0 Å². The van der Waals surface area contributed by atoms with Gasteiger partial charge in [-0.25, -0.2) is 0 Å². The lowest BCUT2D eigenvalue weighted by Crippen LogP contribution is -2.51. The van der Waals surface area contributed by atoms with Crippen LogP contribution in [-0.4, -0.2) is 42.9 Å². The highest BCUT2D eigenvalue weighted by Crippen LogP contribution is 2.16. The van der Waals surface area contributed by atoms with Crippen molar-refractivity contribution in [1.29, 1.82) is 5.26 Å². The Kier molecular flexibility index (Phi) is 4.95. The van der Waals surface area contributed by atoms with Crippen LogP contribution >= 0.6 is 0 Å². The van der Waals surface area contributed by atoms with Crippen LogP contribution in [0.5, 0.6) is 0 Å². The summed E-state index contributed by atoms with van der Waals surface area (Å²) in [6, 6.07) is 18.6. The number of nitrogens with one attached hydrogen (secondary N) is 1. The Labute approximate surface area is 146 Å². The molecule has 2 aromatic carbocycles. The zero-order valence-corrected chi connectivity index (χ0v) is 13.7. The standard InChI is InChI=1S/C19H18N4O2/c20-14-15-6-4-5-9-17(15)21-18(24)19(25)23-12-10-22(11-13-23)16-7-2-1-3-8-16/h1-9H,10-13H2,(H,21,24). The van der Waals surface area contributed by atoms with Crippen LogP contribution in [0.15, 0.2) is 54.6 Å². The highest BCUT2D eigenvalue weighted by molar-refractivity contribution is 6.39. The molecule has 0 unspecified atom stereocenters. The van der Waals surface area contributed by atoms with E-state index in [-0.39, 0.29) is 0 Å². The minimum Gasteiger partial charge on any atom is -0.368 e. The van der Waals surface area contributed by atoms with E-state index >= 15 is 0 Å². The van der Waals surface area contributed by atoms with E-state index in [4.69, 9.17) is 5.26 Å². The van der Waals surface area contributed by atoms with Crippen LogP contribution in [-0.2, 0) is 9.59 Å². The summed E-state index contributed by atoms with van der Waals surface area (Å²) in [7, 11) is 0. The molecule has 0 atom stereocenters. The first-order valence-corrected chi connectivity index (χ1v) is 8.08. The van der Waals surface area contributed by atoms with Crippen molar-refractivity contribution >= 4 is 23.2 Å². The van der Waals surface area contributed by atoms with Gasteiger partial charge in [-0.05, 0) is 24.3 Å². The molecule has 0 aromatic heterocycles. The first kappa shape index (κ1) is 16.5. The number of rotatable bonds is 2. The number of hydrogen-bond acceptors (Lipinski definition) is 4. The number of para-hydroxylation sites is 2. The number of hydrogen-bond donors (Lipinski definition) is 1. The number of piperazine rings is 1. The molecule has 1 saturated heterocycles. The number of nitriles is 1. The largest absolute Gasteiger partial charge is 0.368 e. The predicted molar refractivity (Wildman–Crippen MR) is 95.0 cm³/mol. The van der Waals surface area contributed by atoms with Crippen molar-refractivity contribution < 1.29 is 9.59 Å². The van der Waals surface area contributed by atoms with Crippen molar-refractivity contribution in [3.63, 3.8) is 0 Å². The zero-order chi connectivity index (χ0) is 17.6. The van der Waals surface area contributed by atoms with E-state index in [1.165, 1.54) is 0 Å². The van der Waals surface area contributed by atoms with Gasteiger partial charge < -0.3 is 15.1 Å². The van der Waals surface area contributed by atoms with Gasteiger partial charge in [0.05, 0.1) is 11.3 Å². The van der Waals surface area contributed by atoms with Crippen LogP contribution in [0.2, 0.25) is 0 Å². The van der Waals surface area contributed by atoms with Crippen LogP contribution < -0.4 is 10.2 Å². The maximum absolute atomic E-state index is 12.4. The second-order valence-corrected chi connectivity index (χ2v) is 5.73. The summed E-state index contributed by atoms with van der Waals surface area (Å²) < 4.78 is 0. The monoisotopic (exact) mass is 334 g/mol. The fourth-order valence-corrected chi connectivity index (χ4v) is 2.82. The number of carbonyl (C=O) groups excluding carboxylic acids is 2. The van der Waals surface area contributed by atoms with Crippen molar-refractivity contribution in [2.45, 2.75) is 0 Å². The van der Waals surface area contributed by atoms with E-state index in [0.717, 1.165) is 5.69 Å². The topological polar surface area (TPSA) is 76.4 Å². The van der Waals surface area contributed by atoms with Gasteiger partial charge in [-0.15, -0.1) is 0 Å². The van der Waals surface area contributed by atoms with Crippen molar-refractivity contribution in [3.05, 3.63) is 60.2 Å². The molecule has 0 radical (unpaired) electrons. The fourth-order valence-electron chi connectivity index (χ4n) is 2.82. The molecule has 1 N–H and O–H groups in total. The van der Waals surface area contributed by atoms with Gasteiger partial charge in [0, 0.05) is 31.9 Å². The van der Waals surface area contributed by atoms with Crippen molar-refractivity contribution in [1.82, 2.24) is 4.90 Å². The summed E-state index contributed by atoms with van der Waals surface area (Å²) in [4.78, 5) is 28.3. The Morgan fingerprint density at radius 1 is 0.920 bits per heavy atom. The average molecular weight is 334 g/mol. The van der Waals surface area contributed by atoms with Gasteiger partial charge in [0.2, 0.25) is 0 Å². The molecule has 25 heavy (non-hydrogen) atoms. The SMILES string of the molecule is N#Cc1ccccc1NC(=O)C(=O)N1CCN(c2ccccc2)CC1. The van der Waals surface area contributed by atoms with E-state index in [1.54, 1.807) is 29.2 Å². The van der Waals surface area contributed by atoms with E-state index < -0.39 is 11.8 Å². The van der Waals surface area contributed by atoms with E-state index in [9.17, 15) is 9.59 Å². The molecule has 126 valence electrons. The van der Waals surface area contributed by atoms with Gasteiger partial charge in [0.1, 0.15) is 6.07 Å². The minimum absolute atomic E-state index is 0.331. The summed E-state index contributed by atoms with van der Waals surface area (Å²) in [5.41, 5.74) is 1.80. The third-order valence-electron chi connectivity index (χ3n) is 4.18. The third kappa shape index (κ3) is 3.78. The highest BCUT2D eigenvalue weighted by atomic mass is 16.2. The maximum Gasteiger partial charge on any atom is 0.313 e. The molecule has 1 aliphatic rings. The summed E-state index contributed by atoms with van der Waals surface area (Å²) >= 11 is 0. The molecule has 2 aromatic rings. The first-order chi connectivity index (χ1) is 12.2. The number of nitrogens with zero attached hydrogens (tertiary/aromatic N) is 3. The van der Waals surface area contributed by atoms with Crippen LogP contribution in [0, 0.1) is 11.3 Å². The van der Waals surface area contributed by atoms with Gasteiger partial charge in [0.15, 0.2) is 0 Å². The molecule has 3 rings (SSSR count). The Morgan fingerprint density at radius 2 is 1.56 bits per heavy atom. The number of carbonyl (C=O) groups is 2. The van der Waals surface area contributed by atoms with Crippen molar-refractivity contribution in [2.75, 3.05) is 36.4 Å². The van der Waals surface area contributed by atoms with Crippen molar-refractivity contribution in [2.24, 2.45) is 0 Å². The summed E-state index contributed by atoms with van der Waals surface area (Å²) in [6.45, 7) is 2.33. The Hall–Kier alpha value is -3.33. The van der Waals surface area contributed by atoms with Crippen LogP contribution in [0.1, 0.15) is 5.56 Å². The average Bonchev–Trinajstić information content (AvgIpc) is 2.68. The molecule has 1 aliphatic heterocycles. The predicted octanol–water partition coefficient (Wildman–Crippen LogP) is 1.85. The highest BCUT2D eigenvalue weighted by Gasteiger charge is 2.26. The quantitative estimate of drug-likeness (QED) is 0.850. The van der Waals surface area contributed by atoms with Crippen molar-refractivity contribution in [3.8, 4) is 6.07 Å². The molecule has 1 heterocycles. The molecule has 6 heteroatoms. The molecular formula is C19H18N4O2. The van der Waals surface area contributed by atoms with Crippen LogP contribution in [0.25, 0.3) is 0 Å². The fraction of sp³-hybridized carbons (Fsp3) is 0.211. The molecule has 2 amide bonds. The molecule has 0 spiro atoms. The summed E-state index contributed by atoms with van der Waals surface area (Å²) in [5, 5.41) is 11.6. The van der Waals surface area contributed by atoms with E-state index in [1.807, 2.05) is 36.4 Å². The lowest BCUT2D eigenvalue weighted by Gasteiger charge is -2.35. The molecule has 6 nitrogen and oxygen atoms in total. The van der Waals surface area contributed by atoms with Gasteiger partial charge in [-0.2, -0.15) is 5.26 Å². The first-order valence-electron chi connectivity index (χ1n) is 8.08. The zero-order valence-electron chi connectivity index (χ0n) is 13.7. The van der Waals surface area contributed by atoms with Gasteiger partial charge >= 0.3 is 11.8 Å². The lowest BCUT2D eigenvalue weighted by atomic mass is 10.2. The molecular weight excluding hydrogens is 316 g/mol. The normalized spacial score (nSPS) is 13.9. The number of anilines is 2. The Morgan fingerprint density at radius 3 is 2.24 bits per heavy atom.